The second-order valence-electron chi connectivity index (χ2n) is 13.2. The summed E-state index contributed by atoms with van der Waals surface area (Å²) < 4.78 is 10.9. The zero-order valence-electron chi connectivity index (χ0n) is 27.4. The summed E-state index contributed by atoms with van der Waals surface area (Å²) in [5.74, 6) is 1.79. The van der Waals surface area contributed by atoms with Crippen molar-refractivity contribution in [1.82, 2.24) is 24.4 Å². The Morgan fingerprint density at radius 2 is 1.69 bits per heavy atom. The number of hydrogen-bond donors (Lipinski definition) is 1. The van der Waals surface area contributed by atoms with Crippen molar-refractivity contribution in [3.63, 3.8) is 0 Å². The van der Waals surface area contributed by atoms with E-state index >= 15 is 0 Å². The summed E-state index contributed by atoms with van der Waals surface area (Å²) in [7, 11) is 0. The molecule has 6 aromatic rings. The minimum Gasteiger partial charge on any atom is -0.463 e. The molecule has 2 fully saturated rings. The van der Waals surface area contributed by atoms with Gasteiger partial charge in [-0.15, -0.1) is 0 Å². The summed E-state index contributed by atoms with van der Waals surface area (Å²) in [6.45, 7) is 4.40. The average Bonchev–Trinajstić information content (AvgIpc) is 3.91. The molecule has 0 amide bonds. The van der Waals surface area contributed by atoms with Crippen LogP contribution < -0.4 is 10.2 Å². The average molecular weight is 670 g/mol. The van der Waals surface area contributed by atoms with Crippen molar-refractivity contribution in [1.29, 1.82) is 5.26 Å². The number of piperidine rings is 2. The van der Waals surface area contributed by atoms with Gasteiger partial charge in [0.25, 0.3) is 0 Å². The van der Waals surface area contributed by atoms with Crippen LogP contribution in [-0.4, -0.2) is 57.9 Å². The smallest absolute Gasteiger partial charge is 0.309 e. The first-order valence-electron chi connectivity index (χ1n) is 17.2. The van der Waals surface area contributed by atoms with Gasteiger partial charge < -0.3 is 24.1 Å². The molecule has 9 nitrogen and oxygen atoms in total. The molecule has 2 aliphatic rings. The van der Waals surface area contributed by atoms with Gasteiger partial charge in [0.05, 0.1) is 52.2 Å². The second-order valence-corrected chi connectivity index (χ2v) is 13.9. The van der Waals surface area contributed by atoms with Crippen molar-refractivity contribution >= 4 is 45.3 Å². The molecule has 10 heteroatoms. The van der Waals surface area contributed by atoms with Gasteiger partial charge in [0, 0.05) is 18.7 Å². The standard InChI is InChI=1S/C39H39N7O2S/c40-23-27-6-5-7-31(22-27)37-42-33-9-2-4-11-35(33)46(37)36(29-12-17-41-18-13-29)25-48-38(47)30-14-19-44(20-15-30)39-43-32-8-1-3-10-34(32)45(39)24-28-16-21-49-26-28/h1-11,16,21-22,26,29-30,36,41H,12-15,17-20,24-25H2/t36-/m1/s1. The molecule has 0 unspecified atom stereocenters. The zero-order valence-corrected chi connectivity index (χ0v) is 28.2. The van der Waals surface area contributed by atoms with E-state index in [1.165, 1.54) is 5.56 Å². The first kappa shape index (κ1) is 31.3. The van der Waals surface area contributed by atoms with Gasteiger partial charge in [0.1, 0.15) is 12.4 Å². The summed E-state index contributed by atoms with van der Waals surface area (Å²) in [5.41, 5.74) is 6.76. The molecular formula is C39H39N7O2S. The van der Waals surface area contributed by atoms with Gasteiger partial charge in [-0.25, -0.2) is 9.97 Å². The Bertz CT molecular complexity index is 2110. The second kappa shape index (κ2) is 13.9. The molecule has 2 saturated heterocycles. The number of anilines is 1. The molecule has 2 aliphatic heterocycles. The lowest BCUT2D eigenvalue weighted by atomic mass is 9.89. The Morgan fingerprint density at radius 3 is 2.45 bits per heavy atom. The molecule has 5 heterocycles. The molecule has 8 rings (SSSR count). The summed E-state index contributed by atoms with van der Waals surface area (Å²) in [6, 6.07) is 28.4. The summed E-state index contributed by atoms with van der Waals surface area (Å²) in [6.07, 6.45) is 3.41. The third kappa shape index (κ3) is 6.32. The van der Waals surface area contributed by atoms with Gasteiger partial charge in [0.2, 0.25) is 5.95 Å². The molecular weight excluding hydrogens is 631 g/mol. The number of benzene rings is 3. The SMILES string of the molecule is N#Cc1cccc(-c2nc3ccccc3n2[C@H](COC(=O)C2CCN(c3nc4ccccc4n3Cc3ccsc3)CC2)C2CCNCC2)c1. The van der Waals surface area contributed by atoms with Crippen LogP contribution in [0.2, 0.25) is 0 Å². The summed E-state index contributed by atoms with van der Waals surface area (Å²) in [5, 5.41) is 17.4. The van der Waals surface area contributed by atoms with E-state index in [2.05, 4.69) is 66.5 Å². The lowest BCUT2D eigenvalue weighted by molar-refractivity contribution is -0.151. The normalized spacial score (nSPS) is 16.6. The van der Waals surface area contributed by atoms with Gasteiger partial charge in [0.15, 0.2) is 0 Å². The molecule has 0 bridgehead atoms. The van der Waals surface area contributed by atoms with Crippen LogP contribution in [0.5, 0.6) is 0 Å². The van der Waals surface area contributed by atoms with Crippen LogP contribution in [0.3, 0.4) is 0 Å². The van der Waals surface area contributed by atoms with E-state index in [-0.39, 0.29) is 24.5 Å². The number of imidazole rings is 2. The first-order valence-corrected chi connectivity index (χ1v) is 18.2. The van der Waals surface area contributed by atoms with Crippen molar-refractivity contribution in [2.45, 2.75) is 38.3 Å². The highest BCUT2D eigenvalue weighted by Crippen LogP contribution is 2.36. The number of fused-ring (bicyclic) bond motifs is 2. The van der Waals surface area contributed by atoms with Gasteiger partial charge >= 0.3 is 5.97 Å². The lowest BCUT2D eigenvalue weighted by Gasteiger charge is -2.34. The number of nitriles is 1. The highest BCUT2D eigenvalue weighted by molar-refractivity contribution is 7.07. The van der Waals surface area contributed by atoms with E-state index in [4.69, 9.17) is 14.7 Å². The van der Waals surface area contributed by atoms with Gasteiger partial charge in [-0.3, -0.25) is 4.79 Å². The number of nitrogens with one attached hydrogen (secondary N) is 1. The minimum atomic E-state index is -0.161. The highest BCUT2D eigenvalue weighted by Gasteiger charge is 2.33. The van der Waals surface area contributed by atoms with Crippen LogP contribution in [0.25, 0.3) is 33.5 Å². The quantitative estimate of drug-likeness (QED) is 0.165. The number of ether oxygens (including phenoxy) is 1. The Labute approximate surface area is 289 Å². The molecule has 0 saturated carbocycles. The van der Waals surface area contributed by atoms with E-state index in [1.807, 2.05) is 48.5 Å². The van der Waals surface area contributed by atoms with Crippen molar-refractivity contribution in [3.05, 3.63) is 101 Å². The summed E-state index contributed by atoms with van der Waals surface area (Å²) >= 11 is 1.71. The van der Waals surface area contributed by atoms with E-state index < -0.39 is 0 Å². The predicted octanol–water partition coefficient (Wildman–Crippen LogP) is 7.03. The van der Waals surface area contributed by atoms with Crippen LogP contribution in [0.15, 0.2) is 89.6 Å². The maximum atomic E-state index is 13.8. The first-order chi connectivity index (χ1) is 24.2. The number of thiophene rings is 1. The monoisotopic (exact) mass is 669 g/mol. The predicted molar refractivity (Wildman–Crippen MR) is 194 cm³/mol. The molecule has 3 aromatic carbocycles. The highest BCUT2D eigenvalue weighted by atomic mass is 32.1. The fourth-order valence-electron chi connectivity index (χ4n) is 7.59. The number of carbonyl (C=O) groups excluding carboxylic acids is 1. The molecule has 49 heavy (non-hydrogen) atoms. The molecule has 0 spiro atoms. The fraction of sp³-hybridized carbons (Fsp3) is 0.333. The van der Waals surface area contributed by atoms with Gasteiger partial charge in [-0.05, 0) is 103 Å². The Kier molecular flexibility index (Phi) is 8.86. The van der Waals surface area contributed by atoms with E-state index in [0.29, 0.717) is 11.5 Å². The number of carbonyl (C=O) groups is 1. The van der Waals surface area contributed by atoms with Gasteiger partial charge in [-0.1, -0.05) is 36.4 Å². The number of rotatable bonds is 9. The van der Waals surface area contributed by atoms with Crippen molar-refractivity contribution in [2.75, 3.05) is 37.7 Å². The molecule has 3 aromatic heterocycles. The number of hydrogen-bond acceptors (Lipinski definition) is 8. The van der Waals surface area contributed by atoms with Crippen molar-refractivity contribution in [2.24, 2.45) is 11.8 Å². The topological polar surface area (TPSA) is 101 Å². The third-order valence-electron chi connectivity index (χ3n) is 10.2. The van der Waals surface area contributed by atoms with Crippen LogP contribution in [0, 0.1) is 23.2 Å². The maximum absolute atomic E-state index is 13.8. The molecule has 0 radical (unpaired) electrons. The number of esters is 1. The van der Waals surface area contributed by atoms with E-state index in [9.17, 15) is 10.1 Å². The molecule has 1 atom stereocenters. The summed E-state index contributed by atoms with van der Waals surface area (Å²) in [4.78, 5) is 26.2. The van der Waals surface area contributed by atoms with Crippen molar-refractivity contribution in [3.8, 4) is 17.5 Å². The Hall–Kier alpha value is -4.98. The lowest BCUT2D eigenvalue weighted by Crippen LogP contribution is -2.39. The minimum absolute atomic E-state index is 0.0868. The van der Waals surface area contributed by atoms with Crippen LogP contribution >= 0.6 is 11.3 Å². The van der Waals surface area contributed by atoms with E-state index in [1.54, 1.807) is 11.3 Å². The number of para-hydroxylation sites is 4. The largest absolute Gasteiger partial charge is 0.463 e. The molecule has 1 N–H and O–H groups in total. The van der Waals surface area contributed by atoms with Crippen LogP contribution in [-0.2, 0) is 16.1 Å². The van der Waals surface area contributed by atoms with Crippen LogP contribution in [0.4, 0.5) is 5.95 Å². The Morgan fingerprint density at radius 1 is 0.939 bits per heavy atom. The Balaban J connectivity index is 1.02. The zero-order chi connectivity index (χ0) is 33.2. The fourth-order valence-corrected chi connectivity index (χ4v) is 8.25. The number of aromatic nitrogens is 4. The van der Waals surface area contributed by atoms with E-state index in [0.717, 1.165) is 97.8 Å². The number of nitrogens with zero attached hydrogens (tertiary/aromatic N) is 6. The van der Waals surface area contributed by atoms with Crippen molar-refractivity contribution < 1.29 is 9.53 Å². The maximum Gasteiger partial charge on any atom is 0.309 e. The third-order valence-corrected chi connectivity index (χ3v) is 10.9. The van der Waals surface area contributed by atoms with Gasteiger partial charge in [-0.2, -0.15) is 16.6 Å². The molecule has 248 valence electrons. The van der Waals surface area contributed by atoms with Crippen LogP contribution in [0.1, 0.15) is 42.9 Å². The molecule has 0 aliphatic carbocycles.